The highest BCUT2D eigenvalue weighted by molar-refractivity contribution is 4.86. The van der Waals surface area contributed by atoms with Gasteiger partial charge in [0.25, 0.3) is 0 Å². The van der Waals surface area contributed by atoms with Gasteiger partial charge in [-0.15, -0.1) is 0 Å². The molecule has 2 atom stereocenters. The van der Waals surface area contributed by atoms with Crippen LogP contribution in [0.2, 0.25) is 0 Å². The molecule has 0 aromatic heterocycles. The van der Waals surface area contributed by atoms with Gasteiger partial charge in [-0.05, 0) is 38.6 Å². The predicted molar refractivity (Wildman–Crippen MR) is 58.4 cm³/mol. The van der Waals surface area contributed by atoms with Gasteiger partial charge in [0.2, 0.25) is 0 Å². The lowest BCUT2D eigenvalue weighted by Crippen LogP contribution is -2.44. The monoisotopic (exact) mass is 197 g/mol. The van der Waals surface area contributed by atoms with Gasteiger partial charge in [0, 0.05) is 12.6 Å². The maximum absolute atomic E-state index is 5.80. The average Bonchev–Trinajstić information content (AvgIpc) is 2.74. The molecule has 82 valence electrons. The van der Waals surface area contributed by atoms with Gasteiger partial charge in [-0.3, -0.25) is 0 Å². The van der Waals surface area contributed by atoms with Crippen LogP contribution in [-0.4, -0.2) is 25.8 Å². The summed E-state index contributed by atoms with van der Waals surface area (Å²) in [6, 6.07) is 0.623. The molecule has 0 amide bonds. The third kappa shape index (κ3) is 2.29. The first kappa shape index (κ1) is 10.4. The number of hydrogen-bond donors (Lipinski definition) is 1. The highest BCUT2D eigenvalue weighted by Crippen LogP contribution is 2.31. The van der Waals surface area contributed by atoms with Crippen molar-refractivity contribution in [3.8, 4) is 0 Å². The summed E-state index contributed by atoms with van der Waals surface area (Å²) < 4.78 is 5.80. The fraction of sp³-hybridized carbons (Fsp3) is 1.00. The molecule has 2 rings (SSSR count). The van der Waals surface area contributed by atoms with Crippen LogP contribution < -0.4 is 5.32 Å². The van der Waals surface area contributed by atoms with E-state index in [1.807, 2.05) is 0 Å². The number of hydrogen-bond acceptors (Lipinski definition) is 2. The first-order valence-electron chi connectivity index (χ1n) is 6.20. The molecule has 2 unspecified atom stereocenters. The molecule has 0 spiro atoms. The van der Waals surface area contributed by atoms with E-state index in [4.69, 9.17) is 4.74 Å². The molecular formula is C12H23NO. The van der Waals surface area contributed by atoms with Crippen molar-refractivity contribution in [2.24, 2.45) is 5.92 Å². The number of ether oxygens (including phenoxy) is 1. The number of rotatable bonds is 3. The number of nitrogens with one attached hydrogen (secondary N) is 1. The Bertz CT molecular complexity index is 160. The molecule has 2 aliphatic rings. The first-order valence-corrected chi connectivity index (χ1v) is 6.20. The molecule has 0 aromatic rings. The van der Waals surface area contributed by atoms with Crippen LogP contribution >= 0.6 is 0 Å². The van der Waals surface area contributed by atoms with E-state index in [2.05, 4.69) is 12.4 Å². The smallest absolute Gasteiger partial charge is 0.0731 e. The van der Waals surface area contributed by atoms with Crippen molar-refractivity contribution in [3.63, 3.8) is 0 Å². The van der Waals surface area contributed by atoms with Crippen molar-refractivity contribution in [1.29, 1.82) is 0 Å². The van der Waals surface area contributed by atoms with Gasteiger partial charge in [-0.1, -0.05) is 19.3 Å². The van der Waals surface area contributed by atoms with Gasteiger partial charge >= 0.3 is 0 Å². The maximum atomic E-state index is 5.80. The Hall–Kier alpha value is -0.0800. The van der Waals surface area contributed by atoms with Gasteiger partial charge in [0.05, 0.1) is 6.10 Å². The third-order valence-electron chi connectivity index (χ3n) is 3.86. The van der Waals surface area contributed by atoms with E-state index in [0.717, 1.165) is 12.5 Å². The molecule has 14 heavy (non-hydrogen) atoms. The van der Waals surface area contributed by atoms with Crippen molar-refractivity contribution in [1.82, 2.24) is 5.32 Å². The summed E-state index contributed by atoms with van der Waals surface area (Å²) in [7, 11) is 2.10. The standard InChI is InChI=1S/C12H23NO/c1-13-12(11-8-5-9-14-11)10-6-3-2-4-7-10/h10-13H,2-9H2,1H3. The van der Waals surface area contributed by atoms with Crippen molar-refractivity contribution < 1.29 is 4.74 Å². The van der Waals surface area contributed by atoms with Crippen LogP contribution in [0.4, 0.5) is 0 Å². The van der Waals surface area contributed by atoms with Crippen molar-refractivity contribution in [2.75, 3.05) is 13.7 Å². The summed E-state index contributed by atoms with van der Waals surface area (Å²) in [6.07, 6.45) is 10.1. The zero-order valence-electron chi connectivity index (χ0n) is 9.30. The number of likely N-dealkylation sites (N-methyl/N-ethyl adjacent to an activating group) is 1. The SMILES string of the molecule is CNC(C1CCCCC1)C1CCCO1. The van der Waals surface area contributed by atoms with Crippen LogP contribution in [0.5, 0.6) is 0 Å². The highest BCUT2D eigenvalue weighted by Gasteiger charge is 2.31. The van der Waals surface area contributed by atoms with E-state index in [1.165, 1.54) is 44.9 Å². The second-order valence-corrected chi connectivity index (χ2v) is 4.76. The second-order valence-electron chi connectivity index (χ2n) is 4.76. The molecular weight excluding hydrogens is 174 g/mol. The average molecular weight is 197 g/mol. The molecule has 1 N–H and O–H groups in total. The fourth-order valence-electron chi connectivity index (χ4n) is 3.10. The Kier molecular flexibility index (Phi) is 3.82. The molecule has 1 saturated heterocycles. The summed E-state index contributed by atoms with van der Waals surface area (Å²) in [6.45, 7) is 0.982. The Morgan fingerprint density at radius 2 is 1.86 bits per heavy atom. The Balaban J connectivity index is 1.89. The first-order chi connectivity index (χ1) is 6.92. The zero-order chi connectivity index (χ0) is 9.80. The molecule has 1 aliphatic carbocycles. The Morgan fingerprint density at radius 1 is 1.07 bits per heavy atom. The lowest BCUT2D eigenvalue weighted by molar-refractivity contribution is 0.0525. The topological polar surface area (TPSA) is 21.3 Å². The predicted octanol–water partition coefficient (Wildman–Crippen LogP) is 2.33. The third-order valence-corrected chi connectivity index (χ3v) is 3.86. The van der Waals surface area contributed by atoms with E-state index >= 15 is 0 Å². The fourth-order valence-corrected chi connectivity index (χ4v) is 3.10. The van der Waals surface area contributed by atoms with E-state index in [9.17, 15) is 0 Å². The highest BCUT2D eigenvalue weighted by atomic mass is 16.5. The lowest BCUT2D eigenvalue weighted by Gasteiger charge is -2.33. The van der Waals surface area contributed by atoms with Crippen molar-refractivity contribution >= 4 is 0 Å². The van der Waals surface area contributed by atoms with Crippen LogP contribution in [0.25, 0.3) is 0 Å². The minimum Gasteiger partial charge on any atom is -0.377 e. The van der Waals surface area contributed by atoms with Gasteiger partial charge in [0.1, 0.15) is 0 Å². The molecule has 2 fully saturated rings. The van der Waals surface area contributed by atoms with Crippen LogP contribution in [0, 0.1) is 5.92 Å². The van der Waals surface area contributed by atoms with Crippen LogP contribution in [0.3, 0.4) is 0 Å². The van der Waals surface area contributed by atoms with Gasteiger partial charge in [-0.25, -0.2) is 0 Å². The molecule has 1 aliphatic heterocycles. The van der Waals surface area contributed by atoms with Gasteiger partial charge in [-0.2, -0.15) is 0 Å². The van der Waals surface area contributed by atoms with Crippen molar-refractivity contribution in [2.45, 2.75) is 57.1 Å². The van der Waals surface area contributed by atoms with E-state index in [0.29, 0.717) is 12.1 Å². The molecule has 2 nitrogen and oxygen atoms in total. The zero-order valence-corrected chi connectivity index (χ0v) is 9.30. The molecule has 0 bridgehead atoms. The Morgan fingerprint density at radius 3 is 2.43 bits per heavy atom. The van der Waals surface area contributed by atoms with E-state index in [1.54, 1.807) is 0 Å². The second kappa shape index (κ2) is 5.13. The maximum Gasteiger partial charge on any atom is 0.0731 e. The largest absolute Gasteiger partial charge is 0.377 e. The quantitative estimate of drug-likeness (QED) is 0.750. The molecule has 1 saturated carbocycles. The molecule has 0 aromatic carbocycles. The van der Waals surface area contributed by atoms with Gasteiger partial charge in [0.15, 0.2) is 0 Å². The summed E-state index contributed by atoms with van der Waals surface area (Å²) in [5.41, 5.74) is 0. The van der Waals surface area contributed by atoms with Crippen LogP contribution in [0.1, 0.15) is 44.9 Å². The summed E-state index contributed by atoms with van der Waals surface area (Å²) >= 11 is 0. The normalized spacial score (nSPS) is 31.9. The van der Waals surface area contributed by atoms with Crippen molar-refractivity contribution in [3.05, 3.63) is 0 Å². The summed E-state index contributed by atoms with van der Waals surface area (Å²) in [5.74, 6) is 0.872. The molecule has 1 heterocycles. The Labute approximate surface area is 87.4 Å². The van der Waals surface area contributed by atoms with E-state index in [-0.39, 0.29) is 0 Å². The van der Waals surface area contributed by atoms with Crippen LogP contribution in [0.15, 0.2) is 0 Å². The molecule has 0 radical (unpaired) electrons. The lowest BCUT2D eigenvalue weighted by atomic mass is 9.81. The minimum absolute atomic E-state index is 0.503. The van der Waals surface area contributed by atoms with E-state index < -0.39 is 0 Å². The minimum atomic E-state index is 0.503. The van der Waals surface area contributed by atoms with Crippen LogP contribution in [-0.2, 0) is 4.74 Å². The summed E-state index contributed by atoms with van der Waals surface area (Å²) in [5, 5.41) is 3.49. The van der Waals surface area contributed by atoms with Gasteiger partial charge < -0.3 is 10.1 Å². The molecule has 2 heteroatoms. The summed E-state index contributed by atoms with van der Waals surface area (Å²) in [4.78, 5) is 0.